The van der Waals surface area contributed by atoms with E-state index in [9.17, 15) is 14.7 Å². The molecule has 1 aromatic carbocycles. The minimum atomic E-state index is -1.05. The van der Waals surface area contributed by atoms with Crippen LogP contribution in [0.3, 0.4) is 0 Å². The minimum Gasteiger partial charge on any atom is -0.399 e. The Kier molecular flexibility index (Phi) is 6.53. The molecule has 0 aliphatic carbocycles. The first-order valence-electron chi connectivity index (χ1n) is 7.79. The summed E-state index contributed by atoms with van der Waals surface area (Å²) in [6.07, 6.45) is -0.0792. The first kappa shape index (κ1) is 18.2. The summed E-state index contributed by atoms with van der Waals surface area (Å²) in [7, 11) is 0. The van der Waals surface area contributed by atoms with Crippen LogP contribution in [-0.2, 0) is 20.8 Å². The number of nitrogens with two attached hydrogens (primary N) is 1. The second-order valence-electron chi connectivity index (χ2n) is 5.88. The van der Waals surface area contributed by atoms with Gasteiger partial charge in [0.2, 0.25) is 0 Å². The van der Waals surface area contributed by atoms with Gasteiger partial charge in [-0.15, -0.1) is 5.06 Å². The van der Waals surface area contributed by atoms with Crippen LogP contribution in [0.2, 0.25) is 0 Å². The van der Waals surface area contributed by atoms with Crippen LogP contribution in [0.25, 0.3) is 0 Å². The molecule has 24 heavy (non-hydrogen) atoms. The van der Waals surface area contributed by atoms with E-state index in [-0.39, 0.29) is 12.6 Å². The topological polar surface area (TPSA) is 114 Å². The molecule has 4 N–H and O–H groups in total. The van der Waals surface area contributed by atoms with Crippen molar-refractivity contribution in [2.45, 2.75) is 32.1 Å². The lowest BCUT2D eigenvalue weighted by Gasteiger charge is -2.22. The van der Waals surface area contributed by atoms with E-state index in [0.29, 0.717) is 25.1 Å². The summed E-state index contributed by atoms with van der Waals surface area (Å²) in [5.41, 5.74) is 7.24. The maximum atomic E-state index is 11.8. The molecule has 0 saturated carbocycles. The molecule has 3 unspecified atom stereocenters. The standard InChI is InChI=1S/C16H23N3O5/c1-11(6-7-20)9-18-16(22)24-19-10-23-15(21)14(19)8-12-2-4-13(17)5-3-12/h2-5,7,11,14-15,21H,6,8-10,17H2,1H3,(H,18,22). The number of nitrogen functional groups attached to an aromatic ring is 1. The number of ether oxygens (including phenoxy) is 1. The lowest BCUT2D eigenvalue weighted by atomic mass is 10.1. The smallest absolute Gasteiger partial charge is 0.399 e. The number of hydrogen-bond acceptors (Lipinski definition) is 7. The molecule has 0 radical (unpaired) electrons. The van der Waals surface area contributed by atoms with Gasteiger partial charge in [0.1, 0.15) is 19.1 Å². The van der Waals surface area contributed by atoms with Crippen molar-refractivity contribution >= 4 is 18.1 Å². The average molecular weight is 337 g/mol. The van der Waals surface area contributed by atoms with Crippen LogP contribution in [0.5, 0.6) is 0 Å². The number of aliphatic hydroxyl groups excluding tert-OH is 1. The number of carbonyl (C=O) groups excluding carboxylic acids is 2. The van der Waals surface area contributed by atoms with Gasteiger partial charge in [0.05, 0.1) is 0 Å². The van der Waals surface area contributed by atoms with Gasteiger partial charge < -0.3 is 30.5 Å². The number of nitrogens with zero attached hydrogens (tertiary/aromatic N) is 1. The number of aliphatic hydroxyl groups is 1. The van der Waals surface area contributed by atoms with Gasteiger partial charge in [0, 0.05) is 18.7 Å². The second-order valence-corrected chi connectivity index (χ2v) is 5.88. The van der Waals surface area contributed by atoms with Crippen LogP contribution < -0.4 is 11.1 Å². The summed E-state index contributed by atoms with van der Waals surface area (Å²) in [4.78, 5) is 27.5. The number of hydroxylamine groups is 2. The Morgan fingerprint density at radius 2 is 2.25 bits per heavy atom. The Hall–Kier alpha value is -2.16. The van der Waals surface area contributed by atoms with Crippen molar-refractivity contribution in [1.82, 2.24) is 10.4 Å². The summed E-state index contributed by atoms with van der Waals surface area (Å²) in [6, 6.07) is 6.72. The first-order chi connectivity index (χ1) is 11.5. The molecule has 1 heterocycles. The maximum absolute atomic E-state index is 11.8. The highest BCUT2D eigenvalue weighted by atomic mass is 16.8. The van der Waals surface area contributed by atoms with E-state index < -0.39 is 18.4 Å². The lowest BCUT2D eigenvalue weighted by molar-refractivity contribution is -0.127. The van der Waals surface area contributed by atoms with Gasteiger partial charge in [0.25, 0.3) is 0 Å². The van der Waals surface area contributed by atoms with Gasteiger partial charge in [-0.25, -0.2) is 4.79 Å². The van der Waals surface area contributed by atoms with Crippen molar-refractivity contribution in [3.8, 4) is 0 Å². The highest BCUT2D eigenvalue weighted by Gasteiger charge is 2.37. The minimum absolute atomic E-state index is 0.0158. The Morgan fingerprint density at radius 3 is 2.92 bits per heavy atom. The molecule has 0 spiro atoms. The highest BCUT2D eigenvalue weighted by Crippen LogP contribution is 2.21. The van der Waals surface area contributed by atoms with E-state index in [0.717, 1.165) is 11.8 Å². The molecule has 132 valence electrons. The second kappa shape index (κ2) is 8.62. The summed E-state index contributed by atoms with van der Waals surface area (Å²) in [6.45, 7) is 2.16. The fourth-order valence-electron chi connectivity index (χ4n) is 2.33. The van der Waals surface area contributed by atoms with Crippen LogP contribution in [0, 0.1) is 5.92 Å². The van der Waals surface area contributed by atoms with Gasteiger partial charge in [-0.05, 0) is 30.0 Å². The lowest BCUT2D eigenvalue weighted by Crippen LogP contribution is -2.41. The monoisotopic (exact) mass is 337 g/mol. The van der Waals surface area contributed by atoms with E-state index in [1.807, 2.05) is 19.1 Å². The van der Waals surface area contributed by atoms with Crippen molar-refractivity contribution in [1.29, 1.82) is 0 Å². The Bertz CT molecular complexity index is 551. The summed E-state index contributed by atoms with van der Waals surface area (Å²) >= 11 is 0. The van der Waals surface area contributed by atoms with Crippen molar-refractivity contribution in [2.24, 2.45) is 5.92 Å². The fourth-order valence-corrected chi connectivity index (χ4v) is 2.33. The number of rotatable bonds is 7. The number of hydrogen-bond donors (Lipinski definition) is 3. The molecule has 3 atom stereocenters. The van der Waals surface area contributed by atoms with Crippen LogP contribution >= 0.6 is 0 Å². The highest BCUT2D eigenvalue weighted by molar-refractivity contribution is 5.66. The quantitative estimate of drug-likeness (QED) is 0.494. The third-order valence-electron chi connectivity index (χ3n) is 3.79. The fraction of sp³-hybridized carbons (Fsp3) is 0.500. The third kappa shape index (κ3) is 5.19. The number of nitrogens with one attached hydrogen (secondary N) is 1. The molecule has 1 saturated heterocycles. The van der Waals surface area contributed by atoms with Crippen LogP contribution in [0.4, 0.5) is 10.5 Å². The molecule has 1 aromatic rings. The summed E-state index contributed by atoms with van der Waals surface area (Å²) in [5.74, 6) is 0.0287. The zero-order valence-corrected chi connectivity index (χ0v) is 13.6. The molecular weight excluding hydrogens is 314 g/mol. The predicted molar refractivity (Wildman–Crippen MR) is 86.5 cm³/mol. The Morgan fingerprint density at radius 1 is 1.54 bits per heavy atom. The SMILES string of the molecule is CC(CC=O)CNC(=O)ON1COC(O)C1Cc1ccc(N)cc1. The zero-order chi connectivity index (χ0) is 17.5. The molecule has 1 amide bonds. The van der Waals surface area contributed by atoms with E-state index in [4.69, 9.17) is 15.3 Å². The molecule has 8 heteroatoms. The summed E-state index contributed by atoms with van der Waals surface area (Å²) in [5, 5.41) is 13.8. The zero-order valence-electron chi connectivity index (χ0n) is 13.6. The molecule has 0 aromatic heterocycles. The van der Waals surface area contributed by atoms with Gasteiger partial charge in [-0.2, -0.15) is 0 Å². The number of carbonyl (C=O) groups is 2. The van der Waals surface area contributed by atoms with Gasteiger partial charge in [0.15, 0.2) is 6.29 Å². The molecule has 1 fully saturated rings. The van der Waals surface area contributed by atoms with E-state index in [1.54, 1.807) is 12.1 Å². The number of aldehydes is 1. The first-order valence-corrected chi connectivity index (χ1v) is 7.79. The largest absolute Gasteiger partial charge is 0.426 e. The van der Waals surface area contributed by atoms with E-state index >= 15 is 0 Å². The Balaban J connectivity index is 1.87. The average Bonchev–Trinajstić information content (AvgIpc) is 2.88. The summed E-state index contributed by atoms with van der Waals surface area (Å²) < 4.78 is 5.14. The van der Waals surface area contributed by atoms with Crippen molar-refractivity contribution in [3.05, 3.63) is 29.8 Å². The molecule has 1 aliphatic rings. The maximum Gasteiger partial charge on any atom is 0.426 e. The van der Waals surface area contributed by atoms with E-state index in [1.165, 1.54) is 5.06 Å². The van der Waals surface area contributed by atoms with Gasteiger partial charge in [-0.3, -0.25) is 0 Å². The molecule has 0 bridgehead atoms. The molecule has 1 aliphatic heterocycles. The van der Waals surface area contributed by atoms with E-state index in [2.05, 4.69) is 5.32 Å². The molecular formula is C16H23N3O5. The molecule has 8 nitrogen and oxygen atoms in total. The number of amides is 1. The number of anilines is 1. The van der Waals surface area contributed by atoms with Crippen LogP contribution in [0.15, 0.2) is 24.3 Å². The van der Waals surface area contributed by atoms with Crippen molar-refractivity contribution < 1.29 is 24.3 Å². The van der Waals surface area contributed by atoms with Crippen LogP contribution in [-0.4, -0.2) is 48.2 Å². The van der Waals surface area contributed by atoms with Gasteiger partial charge in [-0.1, -0.05) is 19.1 Å². The van der Waals surface area contributed by atoms with Gasteiger partial charge >= 0.3 is 6.09 Å². The number of benzene rings is 1. The van der Waals surface area contributed by atoms with Crippen molar-refractivity contribution in [2.75, 3.05) is 19.0 Å². The van der Waals surface area contributed by atoms with Crippen LogP contribution in [0.1, 0.15) is 18.9 Å². The third-order valence-corrected chi connectivity index (χ3v) is 3.79. The normalized spacial score (nSPS) is 22.1. The Labute approximate surface area is 140 Å². The predicted octanol–water partition coefficient (Wildman–Crippen LogP) is 0.654. The van der Waals surface area contributed by atoms with Crippen molar-refractivity contribution in [3.63, 3.8) is 0 Å². The molecule has 2 rings (SSSR count).